The summed E-state index contributed by atoms with van der Waals surface area (Å²) < 4.78 is 11.3. The minimum Gasteiger partial charge on any atom is -0.492 e. The Balaban J connectivity index is 2.13. The molecule has 0 heterocycles. The zero-order valence-corrected chi connectivity index (χ0v) is 14.9. The Morgan fingerprint density at radius 2 is 2.17 bits per heavy atom. The molecular weight excluding hydrogens is 314 g/mol. The van der Waals surface area contributed by atoms with E-state index in [0.29, 0.717) is 35.6 Å². The van der Waals surface area contributed by atoms with Crippen LogP contribution in [0, 0.1) is 5.92 Å². The first-order valence-corrected chi connectivity index (χ1v) is 8.76. The van der Waals surface area contributed by atoms with Crippen molar-refractivity contribution in [2.24, 2.45) is 5.92 Å². The molecule has 0 bridgehead atoms. The van der Waals surface area contributed by atoms with Crippen LogP contribution in [0.15, 0.2) is 18.2 Å². The van der Waals surface area contributed by atoms with E-state index in [1.54, 1.807) is 18.2 Å². The van der Waals surface area contributed by atoms with Gasteiger partial charge in [-0.1, -0.05) is 24.9 Å². The molecule has 2 rings (SSSR count). The second-order valence-electron chi connectivity index (χ2n) is 6.16. The van der Waals surface area contributed by atoms with Crippen molar-refractivity contribution in [1.82, 2.24) is 0 Å². The Morgan fingerprint density at radius 1 is 1.39 bits per heavy atom. The molecule has 23 heavy (non-hydrogen) atoms. The number of hydrogen-bond donors (Lipinski definition) is 1. The van der Waals surface area contributed by atoms with Crippen LogP contribution in [-0.4, -0.2) is 24.7 Å². The summed E-state index contributed by atoms with van der Waals surface area (Å²) in [5.41, 5.74) is -0.0574. The molecule has 1 aliphatic carbocycles. The van der Waals surface area contributed by atoms with Gasteiger partial charge in [-0.15, -0.1) is 0 Å². The van der Waals surface area contributed by atoms with Gasteiger partial charge in [0.1, 0.15) is 11.4 Å². The SMILES string of the molecule is CCOc1ccc(NC(=O)[C@]2(OCC)CCC[C@@H](C)C2)cc1Cl. The summed E-state index contributed by atoms with van der Waals surface area (Å²) in [6.07, 6.45) is 3.69. The van der Waals surface area contributed by atoms with Crippen LogP contribution >= 0.6 is 11.6 Å². The van der Waals surface area contributed by atoms with Gasteiger partial charge in [-0.05, 0) is 57.2 Å². The van der Waals surface area contributed by atoms with Crippen molar-refractivity contribution in [2.45, 2.75) is 52.1 Å². The highest BCUT2D eigenvalue weighted by molar-refractivity contribution is 6.32. The minimum atomic E-state index is -0.725. The molecule has 1 amide bonds. The zero-order valence-electron chi connectivity index (χ0n) is 14.2. The van der Waals surface area contributed by atoms with Crippen LogP contribution in [0.3, 0.4) is 0 Å². The summed E-state index contributed by atoms with van der Waals surface area (Å²) in [7, 11) is 0. The van der Waals surface area contributed by atoms with Crippen LogP contribution < -0.4 is 10.1 Å². The third kappa shape index (κ3) is 4.39. The van der Waals surface area contributed by atoms with Crippen molar-refractivity contribution >= 4 is 23.2 Å². The van der Waals surface area contributed by atoms with Gasteiger partial charge in [-0.2, -0.15) is 0 Å². The molecule has 2 atom stereocenters. The highest BCUT2D eigenvalue weighted by atomic mass is 35.5. The number of hydrogen-bond acceptors (Lipinski definition) is 3. The maximum Gasteiger partial charge on any atom is 0.256 e. The molecule has 0 spiro atoms. The number of halogens is 1. The third-order valence-electron chi connectivity index (χ3n) is 4.28. The van der Waals surface area contributed by atoms with E-state index in [4.69, 9.17) is 21.1 Å². The number of rotatable bonds is 6. The minimum absolute atomic E-state index is 0.0777. The number of carbonyl (C=O) groups is 1. The smallest absolute Gasteiger partial charge is 0.256 e. The first kappa shape index (κ1) is 18.1. The van der Waals surface area contributed by atoms with Gasteiger partial charge in [0.2, 0.25) is 0 Å². The average molecular weight is 340 g/mol. The molecule has 4 nitrogen and oxygen atoms in total. The van der Waals surface area contributed by atoms with Gasteiger partial charge in [0.05, 0.1) is 11.6 Å². The van der Waals surface area contributed by atoms with E-state index in [2.05, 4.69) is 12.2 Å². The van der Waals surface area contributed by atoms with Crippen molar-refractivity contribution < 1.29 is 14.3 Å². The number of anilines is 1. The van der Waals surface area contributed by atoms with Crippen LogP contribution in [0.1, 0.15) is 46.5 Å². The first-order valence-electron chi connectivity index (χ1n) is 8.38. The standard InChI is InChI=1S/C18H26ClNO3/c1-4-22-16-9-8-14(11-15(16)19)20-17(21)18(23-5-2)10-6-7-13(3)12-18/h8-9,11,13H,4-7,10,12H2,1-3H3,(H,20,21)/t13-,18+/m1/s1. The maximum absolute atomic E-state index is 12.8. The Kier molecular flexibility index (Phi) is 6.31. The summed E-state index contributed by atoms with van der Waals surface area (Å²) in [5.74, 6) is 1.04. The number of amides is 1. The molecule has 0 aliphatic heterocycles. The van der Waals surface area contributed by atoms with Gasteiger partial charge in [-0.25, -0.2) is 0 Å². The maximum atomic E-state index is 12.8. The lowest BCUT2D eigenvalue weighted by Crippen LogP contribution is -2.48. The van der Waals surface area contributed by atoms with Crippen molar-refractivity contribution in [3.8, 4) is 5.75 Å². The van der Waals surface area contributed by atoms with Gasteiger partial charge in [0, 0.05) is 12.3 Å². The predicted octanol–water partition coefficient (Wildman–Crippen LogP) is 4.66. The number of benzene rings is 1. The monoisotopic (exact) mass is 339 g/mol. The molecule has 1 fully saturated rings. The molecular formula is C18H26ClNO3. The molecule has 1 aromatic carbocycles. The molecule has 0 aromatic heterocycles. The van der Waals surface area contributed by atoms with E-state index >= 15 is 0 Å². The Bertz CT molecular complexity index is 545. The molecule has 1 saturated carbocycles. The number of ether oxygens (including phenoxy) is 2. The third-order valence-corrected chi connectivity index (χ3v) is 4.58. The van der Waals surface area contributed by atoms with Gasteiger partial charge in [0.25, 0.3) is 5.91 Å². The second kappa shape index (κ2) is 8.02. The van der Waals surface area contributed by atoms with E-state index in [1.807, 2.05) is 13.8 Å². The van der Waals surface area contributed by atoms with E-state index in [9.17, 15) is 4.79 Å². The molecule has 5 heteroatoms. The molecule has 0 saturated heterocycles. The Labute approximate surface area is 143 Å². The Hall–Kier alpha value is -1.26. The van der Waals surface area contributed by atoms with Gasteiger partial charge in [-0.3, -0.25) is 4.79 Å². The van der Waals surface area contributed by atoms with E-state index in [0.717, 1.165) is 25.7 Å². The number of carbonyl (C=O) groups excluding carboxylic acids is 1. The highest BCUT2D eigenvalue weighted by Crippen LogP contribution is 2.36. The van der Waals surface area contributed by atoms with Crippen molar-refractivity contribution in [3.63, 3.8) is 0 Å². The van der Waals surface area contributed by atoms with E-state index < -0.39 is 5.60 Å². The normalized spacial score (nSPS) is 24.3. The van der Waals surface area contributed by atoms with Crippen molar-refractivity contribution in [2.75, 3.05) is 18.5 Å². The molecule has 0 unspecified atom stereocenters. The Morgan fingerprint density at radius 3 is 2.78 bits per heavy atom. The summed E-state index contributed by atoms with van der Waals surface area (Å²) in [6.45, 7) is 7.10. The lowest BCUT2D eigenvalue weighted by atomic mass is 9.78. The molecule has 1 aliphatic rings. The highest BCUT2D eigenvalue weighted by Gasteiger charge is 2.42. The fraction of sp³-hybridized carbons (Fsp3) is 0.611. The molecule has 128 valence electrons. The first-order chi connectivity index (χ1) is 11.0. The van der Waals surface area contributed by atoms with Gasteiger partial charge >= 0.3 is 0 Å². The lowest BCUT2D eigenvalue weighted by molar-refractivity contribution is -0.147. The topological polar surface area (TPSA) is 47.6 Å². The van der Waals surface area contributed by atoms with Crippen molar-refractivity contribution in [1.29, 1.82) is 0 Å². The van der Waals surface area contributed by atoms with Crippen LogP contribution in [0.5, 0.6) is 5.75 Å². The predicted molar refractivity (Wildman–Crippen MR) is 93.2 cm³/mol. The van der Waals surface area contributed by atoms with E-state index in [1.165, 1.54) is 0 Å². The van der Waals surface area contributed by atoms with Crippen LogP contribution in [0.2, 0.25) is 5.02 Å². The fourth-order valence-electron chi connectivity index (χ4n) is 3.28. The van der Waals surface area contributed by atoms with Crippen LogP contribution in [-0.2, 0) is 9.53 Å². The molecule has 1 aromatic rings. The van der Waals surface area contributed by atoms with Crippen LogP contribution in [0.25, 0.3) is 0 Å². The molecule has 0 radical (unpaired) electrons. The second-order valence-corrected chi connectivity index (χ2v) is 6.57. The zero-order chi connectivity index (χ0) is 16.9. The number of nitrogens with one attached hydrogen (secondary N) is 1. The van der Waals surface area contributed by atoms with Crippen molar-refractivity contribution in [3.05, 3.63) is 23.2 Å². The largest absolute Gasteiger partial charge is 0.492 e. The fourth-order valence-corrected chi connectivity index (χ4v) is 3.51. The average Bonchev–Trinajstić information content (AvgIpc) is 2.50. The summed E-state index contributed by atoms with van der Waals surface area (Å²) in [4.78, 5) is 12.8. The van der Waals surface area contributed by atoms with Crippen LogP contribution in [0.4, 0.5) is 5.69 Å². The summed E-state index contributed by atoms with van der Waals surface area (Å²) in [5, 5.41) is 3.46. The van der Waals surface area contributed by atoms with E-state index in [-0.39, 0.29) is 5.91 Å². The summed E-state index contributed by atoms with van der Waals surface area (Å²) in [6, 6.07) is 5.30. The quantitative estimate of drug-likeness (QED) is 0.819. The van der Waals surface area contributed by atoms with Gasteiger partial charge in [0.15, 0.2) is 0 Å². The lowest BCUT2D eigenvalue weighted by Gasteiger charge is -2.38. The summed E-state index contributed by atoms with van der Waals surface area (Å²) >= 11 is 6.19. The molecule has 1 N–H and O–H groups in total. The van der Waals surface area contributed by atoms with Gasteiger partial charge < -0.3 is 14.8 Å².